The Morgan fingerprint density at radius 2 is 1.83 bits per heavy atom. The van der Waals surface area contributed by atoms with Crippen molar-refractivity contribution in [3.63, 3.8) is 0 Å². The van der Waals surface area contributed by atoms with Crippen LogP contribution < -0.4 is 5.32 Å². The molecule has 9 nitrogen and oxygen atoms in total. The number of aromatic nitrogens is 2. The fourth-order valence-corrected chi connectivity index (χ4v) is 3.60. The molecule has 0 bridgehead atoms. The number of hydrogen-bond acceptors (Lipinski definition) is 6. The van der Waals surface area contributed by atoms with Crippen molar-refractivity contribution in [2.75, 3.05) is 6.54 Å². The van der Waals surface area contributed by atoms with Gasteiger partial charge in [-0.1, -0.05) is 24.3 Å². The average molecular weight is 480 g/mol. The Bertz CT molecular complexity index is 1230. The maximum atomic E-state index is 13.5. The zero-order valence-corrected chi connectivity index (χ0v) is 19.2. The Balaban J connectivity index is 1.79. The first-order valence-corrected chi connectivity index (χ1v) is 10.8. The SMILES string of the molecule is Cc1cc(CNC(=O)c2ncncc2CN(CC(=O)O)[C@H](C)c2ccc(C(=O)O)cc2)ccc1F. The summed E-state index contributed by atoms with van der Waals surface area (Å²) in [4.78, 5) is 45.3. The van der Waals surface area contributed by atoms with E-state index in [9.17, 15) is 23.9 Å². The third kappa shape index (κ3) is 6.67. The van der Waals surface area contributed by atoms with Crippen molar-refractivity contribution in [2.24, 2.45) is 0 Å². The molecule has 3 rings (SSSR count). The number of carboxylic acid groups (broad SMARTS) is 2. The van der Waals surface area contributed by atoms with Crippen molar-refractivity contribution >= 4 is 17.8 Å². The minimum absolute atomic E-state index is 0.0629. The van der Waals surface area contributed by atoms with Crippen molar-refractivity contribution in [2.45, 2.75) is 33.0 Å². The second kappa shape index (κ2) is 11.3. The predicted molar refractivity (Wildman–Crippen MR) is 124 cm³/mol. The third-order valence-electron chi connectivity index (χ3n) is 5.58. The first-order chi connectivity index (χ1) is 16.7. The van der Waals surface area contributed by atoms with Gasteiger partial charge >= 0.3 is 11.9 Å². The zero-order chi connectivity index (χ0) is 25.5. The Hall–Kier alpha value is -4.18. The van der Waals surface area contributed by atoms with Crippen molar-refractivity contribution in [3.05, 3.63) is 94.3 Å². The molecular weight excluding hydrogens is 455 g/mol. The summed E-state index contributed by atoms with van der Waals surface area (Å²) >= 11 is 0. The van der Waals surface area contributed by atoms with E-state index in [4.69, 9.17) is 5.11 Å². The zero-order valence-electron chi connectivity index (χ0n) is 19.2. The Morgan fingerprint density at radius 3 is 2.46 bits per heavy atom. The number of halogens is 1. The highest BCUT2D eigenvalue weighted by molar-refractivity contribution is 5.93. The molecule has 0 spiro atoms. The van der Waals surface area contributed by atoms with E-state index in [1.165, 1.54) is 30.7 Å². The summed E-state index contributed by atoms with van der Waals surface area (Å²) in [6.45, 7) is 3.32. The fraction of sp³-hybridized carbons (Fsp3) is 0.240. The minimum atomic E-state index is -1.06. The van der Waals surface area contributed by atoms with E-state index in [1.807, 2.05) is 0 Å². The molecule has 3 aromatic rings. The van der Waals surface area contributed by atoms with E-state index in [1.54, 1.807) is 43.0 Å². The summed E-state index contributed by atoms with van der Waals surface area (Å²) in [6.07, 6.45) is 2.69. The second-order valence-corrected chi connectivity index (χ2v) is 8.06. The number of carbonyl (C=O) groups is 3. The quantitative estimate of drug-likeness (QED) is 0.403. The normalized spacial score (nSPS) is 11.8. The summed E-state index contributed by atoms with van der Waals surface area (Å²) < 4.78 is 13.5. The standard InChI is InChI=1S/C25H25FN4O5/c1-15-9-17(3-8-21(15)26)10-28-24(33)23-20(11-27-14-29-23)12-30(13-22(31)32)16(2)18-4-6-19(7-5-18)25(34)35/h3-9,11,14,16H,10,12-13H2,1-2H3,(H,28,33)(H,31,32)(H,34,35)/t16-/m1/s1. The molecule has 1 heterocycles. The van der Waals surface area contributed by atoms with Crippen LogP contribution in [0.5, 0.6) is 0 Å². The van der Waals surface area contributed by atoms with Gasteiger partial charge in [-0.25, -0.2) is 19.2 Å². The van der Waals surface area contributed by atoms with Crippen molar-refractivity contribution < 1.29 is 29.0 Å². The van der Waals surface area contributed by atoms with Crippen molar-refractivity contribution in [1.82, 2.24) is 20.2 Å². The number of nitrogens with one attached hydrogen (secondary N) is 1. The number of hydrogen-bond donors (Lipinski definition) is 3. The number of aliphatic carboxylic acids is 1. The van der Waals surface area contributed by atoms with E-state index in [0.29, 0.717) is 16.7 Å². The van der Waals surface area contributed by atoms with Crippen LogP contribution in [0.4, 0.5) is 4.39 Å². The average Bonchev–Trinajstić information content (AvgIpc) is 2.83. The van der Waals surface area contributed by atoms with Gasteiger partial charge in [0.15, 0.2) is 0 Å². The molecule has 3 N–H and O–H groups in total. The van der Waals surface area contributed by atoms with Crippen molar-refractivity contribution in [1.29, 1.82) is 0 Å². The molecular formula is C25H25FN4O5. The van der Waals surface area contributed by atoms with Crippen LogP contribution in [-0.4, -0.2) is 49.5 Å². The van der Waals surface area contributed by atoms with E-state index in [-0.39, 0.29) is 36.7 Å². The lowest BCUT2D eigenvalue weighted by molar-refractivity contribution is -0.139. The van der Waals surface area contributed by atoms with Crippen LogP contribution in [0.3, 0.4) is 0 Å². The Labute approximate surface area is 201 Å². The number of benzene rings is 2. The Kier molecular flexibility index (Phi) is 8.21. The van der Waals surface area contributed by atoms with Gasteiger partial charge in [-0.05, 0) is 48.7 Å². The molecule has 2 aromatic carbocycles. The largest absolute Gasteiger partial charge is 0.480 e. The van der Waals surface area contributed by atoms with Crippen LogP contribution in [0, 0.1) is 12.7 Å². The maximum absolute atomic E-state index is 13.5. The van der Waals surface area contributed by atoms with E-state index in [0.717, 1.165) is 5.56 Å². The Morgan fingerprint density at radius 1 is 1.11 bits per heavy atom. The number of nitrogens with zero attached hydrogens (tertiary/aromatic N) is 3. The van der Waals surface area contributed by atoms with Crippen molar-refractivity contribution in [3.8, 4) is 0 Å². The molecule has 1 atom stereocenters. The molecule has 0 radical (unpaired) electrons. The molecule has 0 saturated heterocycles. The highest BCUT2D eigenvalue weighted by atomic mass is 19.1. The molecule has 0 aliphatic carbocycles. The highest BCUT2D eigenvalue weighted by Gasteiger charge is 2.23. The fourth-order valence-electron chi connectivity index (χ4n) is 3.60. The topological polar surface area (TPSA) is 133 Å². The summed E-state index contributed by atoms with van der Waals surface area (Å²) in [6, 6.07) is 10.3. The monoisotopic (exact) mass is 480 g/mol. The molecule has 10 heteroatoms. The molecule has 0 aliphatic heterocycles. The van der Waals surface area contributed by atoms with E-state index < -0.39 is 23.9 Å². The summed E-state index contributed by atoms with van der Waals surface area (Å²) in [5.41, 5.74) is 2.55. The van der Waals surface area contributed by atoms with Crippen LogP contribution in [-0.2, 0) is 17.9 Å². The molecule has 1 amide bonds. The second-order valence-electron chi connectivity index (χ2n) is 8.06. The number of aromatic carboxylic acids is 1. The number of carbonyl (C=O) groups excluding carboxylic acids is 1. The van der Waals surface area contributed by atoms with Gasteiger partial charge in [0.05, 0.1) is 12.1 Å². The van der Waals surface area contributed by atoms with Gasteiger partial charge in [0.25, 0.3) is 5.91 Å². The van der Waals surface area contributed by atoms with Gasteiger partial charge in [-0.15, -0.1) is 0 Å². The molecule has 0 fully saturated rings. The van der Waals surface area contributed by atoms with Gasteiger partial charge < -0.3 is 15.5 Å². The number of carboxylic acids is 2. The molecule has 0 saturated carbocycles. The van der Waals surface area contributed by atoms with Crippen LogP contribution in [0.1, 0.15) is 56.1 Å². The van der Waals surface area contributed by atoms with E-state index >= 15 is 0 Å². The lowest BCUT2D eigenvalue weighted by Gasteiger charge is -2.28. The van der Waals surface area contributed by atoms with Gasteiger partial charge in [0.1, 0.15) is 17.8 Å². The molecule has 0 aliphatic rings. The maximum Gasteiger partial charge on any atom is 0.335 e. The van der Waals surface area contributed by atoms with Crippen LogP contribution in [0.15, 0.2) is 55.0 Å². The summed E-state index contributed by atoms with van der Waals surface area (Å²) in [5, 5.41) is 21.3. The van der Waals surface area contributed by atoms with Gasteiger partial charge in [0.2, 0.25) is 0 Å². The molecule has 182 valence electrons. The molecule has 1 aromatic heterocycles. The van der Waals surface area contributed by atoms with Gasteiger partial charge in [0, 0.05) is 30.9 Å². The lowest BCUT2D eigenvalue weighted by atomic mass is 10.0. The first-order valence-electron chi connectivity index (χ1n) is 10.8. The number of rotatable bonds is 10. The molecule has 35 heavy (non-hydrogen) atoms. The lowest BCUT2D eigenvalue weighted by Crippen LogP contribution is -2.33. The highest BCUT2D eigenvalue weighted by Crippen LogP contribution is 2.23. The first kappa shape index (κ1) is 25.4. The van der Waals surface area contributed by atoms with Crippen LogP contribution in [0.25, 0.3) is 0 Å². The number of amides is 1. The smallest absolute Gasteiger partial charge is 0.335 e. The van der Waals surface area contributed by atoms with Gasteiger partial charge in [-0.3, -0.25) is 14.5 Å². The summed E-state index contributed by atoms with van der Waals surface area (Å²) in [5.74, 6) is -2.92. The van der Waals surface area contributed by atoms with Crippen LogP contribution in [0.2, 0.25) is 0 Å². The minimum Gasteiger partial charge on any atom is -0.480 e. The van der Waals surface area contributed by atoms with E-state index in [2.05, 4.69) is 15.3 Å². The van der Waals surface area contributed by atoms with Gasteiger partial charge in [-0.2, -0.15) is 0 Å². The molecule has 0 unspecified atom stereocenters. The summed E-state index contributed by atoms with van der Waals surface area (Å²) in [7, 11) is 0. The number of aryl methyl sites for hydroxylation is 1. The predicted octanol–water partition coefficient (Wildman–Crippen LogP) is 3.20. The van der Waals surface area contributed by atoms with Crippen LogP contribution >= 0.6 is 0 Å². The third-order valence-corrected chi connectivity index (χ3v) is 5.58.